The maximum Gasteiger partial charge on any atom is 0.519 e. The van der Waals surface area contributed by atoms with Crippen molar-refractivity contribution in [3.05, 3.63) is 109 Å². The number of aryl methyl sites for hydroxylation is 1. The molecule has 0 aliphatic heterocycles. The number of carbonyl (C=O) groups is 1. The predicted molar refractivity (Wildman–Crippen MR) is 115 cm³/mol. The first-order valence-electron chi connectivity index (χ1n) is 9.41. The summed E-state index contributed by atoms with van der Waals surface area (Å²) in [5.74, 6) is 0.927. The van der Waals surface area contributed by atoms with E-state index in [-0.39, 0.29) is 0 Å². The molecule has 0 aliphatic carbocycles. The minimum absolute atomic E-state index is 0.456. The highest BCUT2D eigenvalue weighted by molar-refractivity contribution is 5.79. The second kappa shape index (κ2) is 8.44. The van der Waals surface area contributed by atoms with Crippen LogP contribution in [-0.2, 0) is 0 Å². The molecule has 4 rings (SSSR count). The van der Waals surface area contributed by atoms with Gasteiger partial charge in [-0.25, -0.2) is 4.79 Å². The van der Waals surface area contributed by atoms with Crippen LogP contribution in [-0.4, -0.2) is 6.16 Å². The van der Waals surface area contributed by atoms with Crippen LogP contribution >= 0.6 is 0 Å². The Hall–Kier alpha value is -3.85. The van der Waals surface area contributed by atoms with Gasteiger partial charge in [-0.15, -0.1) is 0 Å². The van der Waals surface area contributed by atoms with Gasteiger partial charge in [-0.3, -0.25) is 0 Å². The normalized spacial score (nSPS) is 10.4. The van der Waals surface area contributed by atoms with E-state index in [0.29, 0.717) is 11.5 Å². The molecular weight excluding hydrogens is 360 g/mol. The minimum atomic E-state index is -0.767. The third-order valence-corrected chi connectivity index (χ3v) is 4.66. The minimum Gasteiger partial charge on any atom is -0.394 e. The highest BCUT2D eigenvalue weighted by Crippen LogP contribution is 2.34. The molecule has 3 heteroatoms. The lowest BCUT2D eigenvalue weighted by Gasteiger charge is -2.14. The number of para-hydroxylation sites is 1. The third kappa shape index (κ3) is 4.19. The van der Waals surface area contributed by atoms with Gasteiger partial charge in [0.1, 0.15) is 11.5 Å². The summed E-state index contributed by atoms with van der Waals surface area (Å²) in [5.41, 5.74) is 4.68. The van der Waals surface area contributed by atoms with E-state index in [9.17, 15) is 4.79 Å². The Labute approximate surface area is 170 Å². The van der Waals surface area contributed by atoms with Gasteiger partial charge < -0.3 is 9.47 Å². The van der Waals surface area contributed by atoms with Gasteiger partial charge in [-0.1, -0.05) is 91.0 Å². The van der Waals surface area contributed by atoms with Crippen molar-refractivity contribution >= 4 is 6.16 Å². The molecule has 0 aromatic heterocycles. The monoisotopic (exact) mass is 380 g/mol. The summed E-state index contributed by atoms with van der Waals surface area (Å²) in [6.45, 7) is 1.99. The van der Waals surface area contributed by atoms with E-state index in [1.807, 2.05) is 97.9 Å². The molecule has 0 amide bonds. The van der Waals surface area contributed by atoms with Gasteiger partial charge in [0, 0.05) is 11.1 Å². The molecule has 0 heterocycles. The van der Waals surface area contributed by atoms with Crippen molar-refractivity contribution in [1.29, 1.82) is 0 Å². The Balaban J connectivity index is 1.61. The lowest BCUT2D eigenvalue weighted by molar-refractivity contribution is 0.152. The maximum atomic E-state index is 12.6. The average molecular weight is 380 g/mol. The van der Waals surface area contributed by atoms with Crippen molar-refractivity contribution in [2.75, 3.05) is 0 Å². The van der Waals surface area contributed by atoms with Crippen molar-refractivity contribution < 1.29 is 14.3 Å². The van der Waals surface area contributed by atoms with Crippen LogP contribution in [0.1, 0.15) is 5.56 Å². The molecule has 29 heavy (non-hydrogen) atoms. The first-order valence-corrected chi connectivity index (χ1v) is 9.41. The molecule has 142 valence electrons. The van der Waals surface area contributed by atoms with Crippen LogP contribution in [0.25, 0.3) is 22.3 Å². The molecule has 0 N–H and O–H groups in total. The van der Waals surface area contributed by atoms with E-state index in [4.69, 9.17) is 9.47 Å². The summed E-state index contributed by atoms with van der Waals surface area (Å²) in [5, 5.41) is 0. The van der Waals surface area contributed by atoms with Gasteiger partial charge in [0.25, 0.3) is 0 Å². The lowest BCUT2D eigenvalue weighted by atomic mass is 10.00. The zero-order valence-corrected chi connectivity index (χ0v) is 16.0. The fourth-order valence-corrected chi connectivity index (χ4v) is 3.31. The summed E-state index contributed by atoms with van der Waals surface area (Å²) in [4.78, 5) is 12.6. The van der Waals surface area contributed by atoms with Gasteiger partial charge in [0.15, 0.2) is 0 Å². The molecule has 3 nitrogen and oxygen atoms in total. The molecule has 0 unspecified atom stereocenters. The molecule has 0 saturated heterocycles. The highest BCUT2D eigenvalue weighted by atomic mass is 16.7. The van der Waals surface area contributed by atoms with Crippen LogP contribution in [0.15, 0.2) is 103 Å². The van der Waals surface area contributed by atoms with Crippen LogP contribution < -0.4 is 9.47 Å². The Bertz CT molecular complexity index is 1120. The Kier molecular flexibility index (Phi) is 5.39. The largest absolute Gasteiger partial charge is 0.519 e. The van der Waals surface area contributed by atoms with Crippen molar-refractivity contribution in [2.45, 2.75) is 6.92 Å². The van der Waals surface area contributed by atoms with Crippen LogP contribution in [0.3, 0.4) is 0 Å². The van der Waals surface area contributed by atoms with E-state index >= 15 is 0 Å². The third-order valence-electron chi connectivity index (χ3n) is 4.66. The molecule has 0 spiro atoms. The molecule has 0 radical (unpaired) electrons. The molecule has 0 bridgehead atoms. The van der Waals surface area contributed by atoms with Gasteiger partial charge >= 0.3 is 6.16 Å². The Morgan fingerprint density at radius 1 is 0.586 bits per heavy atom. The fourth-order valence-electron chi connectivity index (χ4n) is 3.31. The summed E-state index contributed by atoms with van der Waals surface area (Å²) >= 11 is 0. The Morgan fingerprint density at radius 2 is 1.14 bits per heavy atom. The van der Waals surface area contributed by atoms with Crippen molar-refractivity contribution in [3.63, 3.8) is 0 Å². The molecule has 4 aromatic carbocycles. The first kappa shape index (κ1) is 18.5. The fraction of sp³-hybridized carbons (Fsp3) is 0.0385. The van der Waals surface area contributed by atoms with Crippen molar-refractivity contribution in [3.8, 4) is 33.8 Å². The summed E-state index contributed by atoms with van der Waals surface area (Å²) < 4.78 is 11.2. The standard InChI is InChI=1S/C26H20O3/c1-19-11-10-18-24(25(19)21-14-6-3-7-15-21)29-26(27)28-23-17-9-8-16-22(23)20-12-4-2-5-13-20/h2-18H,1H3. The summed E-state index contributed by atoms with van der Waals surface area (Å²) in [6, 6.07) is 32.7. The van der Waals surface area contributed by atoms with Crippen LogP contribution in [0, 0.1) is 6.92 Å². The second-order valence-electron chi connectivity index (χ2n) is 6.63. The SMILES string of the molecule is Cc1cccc(OC(=O)Oc2ccccc2-c2ccccc2)c1-c1ccccc1. The van der Waals surface area contributed by atoms with Crippen molar-refractivity contribution in [1.82, 2.24) is 0 Å². The molecular formula is C26H20O3. The van der Waals surface area contributed by atoms with E-state index in [2.05, 4.69) is 0 Å². The Morgan fingerprint density at radius 3 is 1.86 bits per heavy atom. The first-order chi connectivity index (χ1) is 14.2. The quantitative estimate of drug-likeness (QED) is 0.285. The lowest BCUT2D eigenvalue weighted by Crippen LogP contribution is -2.15. The van der Waals surface area contributed by atoms with Crippen LogP contribution in [0.4, 0.5) is 4.79 Å². The van der Waals surface area contributed by atoms with Gasteiger partial charge in [-0.2, -0.15) is 0 Å². The average Bonchev–Trinajstić information content (AvgIpc) is 2.75. The smallest absolute Gasteiger partial charge is 0.394 e. The topological polar surface area (TPSA) is 35.5 Å². The van der Waals surface area contributed by atoms with Crippen molar-refractivity contribution in [2.24, 2.45) is 0 Å². The van der Waals surface area contributed by atoms with Gasteiger partial charge in [-0.05, 0) is 35.7 Å². The second-order valence-corrected chi connectivity index (χ2v) is 6.63. The number of ether oxygens (including phenoxy) is 2. The zero-order chi connectivity index (χ0) is 20.1. The molecule has 0 fully saturated rings. The molecule has 0 aliphatic rings. The van der Waals surface area contributed by atoms with E-state index < -0.39 is 6.16 Å². The van der Waals surface area contributed by atoms with Crippen LogP contribution in [0.5, 0.6) is 11.5 Å². The number of carbonyl (C=O) groups excluding carboxylic acids is 1. The maximum absolute atomic E-state index is 12.6. The summed E-state index contributed by atoms with van der Waals surface area (Å²) in [6.07, 6.45) is -0.767. The predicted octanol–water partition coefficient (Wildman–Crippen LogP) is 6.91. The van der Waals surface area contributed by atoms with Crippen LogP contribution in [0.2, 0.25) is 0 Å². The number of rotatable bonds is 4. The number of hydrogen-bond acceptors (Lipinski definition) is 3. The van der Waals surface area contributed by atoms with Gasteiger partial charge in [0.05, 0.1) is 0 Å². The number of benzene rings is 4. The summed E-state index contributed by atoms with van der Waals surface area (Å²) in [7, 11) is 0. The highest BCUT2D eigenvalue weighted by Gasteiger charge is 2.16. The zero-order valence-electron chi connectivity index (χ0n) is 16.0. The van der Waals surface area contributed by atoms with E-state index in [0.717, 1.165) is 27.8 Å². The van der Waals surface area contributed by atoms with E-state index in [1.54, 1.807) is 12.1 Å². The molecule has 4 aromatic rings. The van der Waals surface area contributed by atoms with Gasteiger partial charge in [0.2, 0.25) is 0 Å². The number of hydrogen-bond donors (Lipinski definition) is 0. The molecule has 0 atom stereocenters. The molecule has 0 saturated carbocycles. The van der Waals surface area contributed by atoms with E-state index in [1.165, 1.54) is 0 Å².